The number of hydrogen-bond donors (Lipinski definition) is 2. The summed E-state index contributed by atoms with van der Waals surface area (Å²) in [6.45, 7) is 2.80. The molecule has 0 spiro atoms. The quantitative estimate of drug-likeness (QED) is 0.820. The van der Waals surface area contributed by atoms with Gasteiger partial charge in [0, 0.05) is 50.5 Å². The van der Waals surface area contributed by atoms with Crippen molar-refractivity contribution in [1.29, 1.82) is 0 Å². The molecule has 1 aromatic heterocycles. The molecule has 0 aliphatic carbocycles. The first-order chi connectivity index (χ1) is 9.97. The largest absolute Gasteiger partial charge is 0.399 e. The fourth-order valence-electron chi connectivity index (χ4n) is 2.13. The Labute approximate surface area is 124 Å². The molecule has 0 saturated heterocycles. The van der Waals surface area contributed by atoms with E-state index in [-0.39, 0.29) is 11.9 Å². The zero-order valence-corrected chi connectivity index (χ0v) is 12.6. The summed E-state index contributed by atoms with van der Waals surface area (Å²) in [5, 5.41) is 3.35. The molecular formula is C15H21N5O. The summed E-state index contributed by atoms with van der Waals surface area (Å²) < 4.78 is 1.98. The Balaban J connectivity index is 2.18. The average molecular weight is 287 g/mol. The van der Waals surface area contributed by atoms with E-state index in [9.17, 15) is 4.79 Å². The molecule has 1 heterocycles. The Morgan fingerprint density at radius 1 is 1.48 bits per heavy atom. The number of nitrogens with one attached hydrogen (secondary N) is 1. The predicted octanol–water partition coefficient (Wildman–Crippen LogP) is 1.67. The monoisotopic (exact) mass is 287 g/mol. The van der Waals surface area contributed by atoms with Gasteiger partial charge < -0.3 is 20.5 Å². The summed E-state index contributed by atoms with van der Waals surface area (Å²) in [6, 6.07) is 5.42. The van der Waals surface area contributed by atoms with Crippen LogP contribution in [0.4, 0.5) is 11.4 Å². The van der Waals surface area contributed by atoms with Gasteiger partial charge in [0.15, 0.2) is 0 Å². The Bertz CT molecular complexity index is 607. The van der Waals surface area contributed by atoms with Gasteiger partial charge in [-0.25, -0.2) is 4.98 Å². The van der Waals surface area contributed by atoms with Gasteiger partial charge in [-0.15, -0.1) is 0 Å². The lowest BCUT2D eigenvalue weighted by Gasteiger charge is -2.20. The van der Waals surface area contributed by atoms with Crippen molar-refractivity contribution in [3.8, 4) is 0 Å². The second kappa shape index (κ2) is 6.30. The van der Waals surface area contributed by atoms with Crippen LogP contribution >= 0.6 is 0 Å². The van der Waals surface area contributed by atoms with Crippen LogP contribution in [0.1, 0.15) is 17.3 Å². The molecule has 0 bridgehead atoms. The van der Waals surface area contributed by atoms with Gasteiger partial charge in [0.25, 0.3) is 5.91 Å². The topological polar surface area (TPSA) is 76.2 Å². The predicted molar refractivity (Wildman–Crippen MR) is 84.2 cm³/mol. The molecule has 112 valence electrons. The fraction of sp³-hybridized carbons (Fsp3) is 0.333. The van der Waals surface area contributed by atoms with E-state index < -0.39 is 0 Å². The van der Waals surface area contributed by atoms with E-state index >= 15 is 0 Å². The van der Waals surface area contributed by atoms with Crippen molar-refractivity contribution in [2.24, 2.45) is 0 Å². The number of amides is 1. The number of benzene rings is 1. The normalized spacial score (nSPS) is 12.0. The number of nitrogens with zero attached hydrogens (tertiary/aromatic N) is 3. The first-order valence-electron chi connectivity index (χ1n) is 6.81. The van der Waals surface area contributed by atoms with Gasteiger partial charge in [-0.05, 0) is 25.1 Å². The third kappa shape index (κ3) is 3.75. The molecule has 0 saturated carbocycles. The summed E-state index contributed by atoms with van der Waals surface area (Å²) in [4.78, 5) is 17.8. The summed E-state index contributed by atoms with van der Waals surface area (Å²) in [6.07, 6.45) is 5.42. The van der Waals surface area contributed by atoms with Crippen molar-refractivity contribution >= 4 is 17.3 Å². The van der Waals surface area contributed by atoms with E-state index in [1.807, 2.05) is 17.7 Å². The highest BCUT2D eigenvalue weighted by Gasteiger charge is 2.15. The highest BCUT2D eigenvalue weighted by atomic mass is 16.2. The minimum atomic E-state index is -0.0488. The maximum absolute atomic E-state index is 12.2. The standard InChI is InChI=1S/C15H21N5O/c1-11(9-20-7-6-17-10-20)18-14-8-12(16)4-5-13(14)15(21)19(2)3/h4-8,10-11,18H,9,16H2,1-3H3. The minimum Gasteiger partial charge on any atom is -0.399 e. The zero-order valence-electron chi connectivity index (χ0n) is 12.6. The lowest BCUT2D eigenvalue weighted by Crippen LogP contribution is -2.26. The van der Waals surface area contributed by atoms with E-state index in [4.69, 9.17) is 5.73 Å². The van der Waals surface area contributed by atoms with Crippen LogP contribution in [-0.4, -0.2) is 40.5 Å². The molecular weight excluding hydrogens is 266 g/mol. The molecule has 0 aliphatic rings. The smallest absolute Gasteiger partial charge is 0.255 e. The first-order valence-corrected chi connectivity index (χ1v) is 6.81. The molecule has 0 fully saturated rings. The molecule has 1 amide bonds. The van der Waals surface area contributed by atoms with Gasteiger partial charge >= 0.3 is 0 Å². The molecule has 0 radical (unpaired) electrons. The van der Waals surface area contributed by atoms with Gasteiger partial charge in [0.05, 0.1) is 11.9 Å². The number of anilines is 2. The zero-order chi connectivity index (χ0) is 15.4. The number of hydrogen-bond acceptors (Lipinski definition) is 4. The van der Waals surface area contributed by atoms with Crippen LogP contribution in [0.2, 0.25) is 0 Å². The van der Waals surface area contributed by atoms with Crippen LogP contribution in [-0.2, 0) is 6.54 Å². The molecule has 3 N–H and O–H groups in total. The van der Waals surface area contributed by atoms with Crippen molar-refractivity contribution < 1.29 is 4.79 Å². The van der Waals surface area contributed by atoms with Crippen LogP contribution in [0, 0.1) is 0 Å². The maximum atomic E-state index is 12.2. The van der Waals surface area contributed by atoms with E-state index in [0.29, 0.717) is 11.3 Å². The van der Waals surface area contributed by atoms with Crippen LogP contribution < -0.4 is 11.1 Å². The van der Waals surface area contributed by atoms with Crippen molar-refractivity contribution in [3.05, 3.63) is 42.5 Å². The van der Waals surface area contributed by atoms with Crippen molar-refractivity contribution in [2.75, 3.05) is 25.1 Å². The molecule has 1 aromatic carbocycles. The van der Waals surface area contributed by atoms with Gasteiger partial charge in [-0.3, -0.25) is 4.79 Å². The Kier molecular flexibility index (Phi) is 4.47. The third-order valence-electron chi connectivity index (χ3n) is 3.13. The minimum absolute atomic E-state index is 0.0488. The van der Waals surface area contributed by atoms with Gasteiger partial charge in [0.1, 0.15) is 0 Å². The number of nitrogen functional groups attached to an aromatic ring is 1. The third-order valence-corrected chi connectivity index (χ3v) is 3.13. The second-order valence-electron chi connectivity index (χ2n) is 5.31. The van der Waals surface area contributed by atoms with Gasteiger partial charge in [-0.1, -0.05) is 0 Å². The maximum Gasteiger partial charge on any atom is 0.255 e. The molecule has 1 atom stereocenters. The lowest BCUT2D eigenvalue weighted by atomic mass is 10.1. The number of rotatable bonds is 5. The highest BCUT2D eigenvalue weighted by Crippen LogP contribution is 2.21. The molecule has 2 rings (SSSR count). The lowest BCUT2D eigenvalue weighted by molar-refractivity contribution is 0.0828. The van der Waals surface area contributed by atoms with Gasteiger partial charge in [-0.2, -0.15) is 0 Å². The summed E-state index contributed by atoms with van der Waals surface area (Å²) in [5.74, 6) is -0.0488. The summed E-state index contributed by atoms with van der Waals surface area (Å²) >= 11 is 0. The molecule has 0 aliphatic heterocycles. The Hall–Kier alpha value is -2.50. The number of imidazole rings is 1. The highest BCUT2D eigenvalue weighted by molar-refractivity contribution is 6.00. The van der Waals surface area contributed by atoms with Crippen LogP contribution in [0.25, 0.3) is 0 Å². The first kappa shape index (κ1) is 14.9. The van der Waals surface area contributed by atoms with Crippen LogP contribution in [0.5, 0.6) is 0 Å². The molecule has 2 aromatic rings. The van der Waals surface area contributed by atoms with E-state index in [1.54, 1.807) is 49.7 Å². The number of carbonyl (C=O) groups is 1. The number of carbonyl (C=O) groups excluding carboxylic acids is 1. The Morgan fingerprint density at radius 3 is 2.86 bits per heavy atom. The van der Waals surface area contributed by atoms with Crippen molar-refractivity contribution in [1.82, 2.24) is 14.5 Å². The van der Waals surface area contributed by atoms with E-state index in [0.717, 1.165) is 12.2 Å². The van der Waals surface area contributed by atoms with E-state index in [1.165, 1.54) is 0 Å². The Morgan fingerprint density at radius 2 is 2.24 bits per heavy atom. The molecule has 6 heteroatoms. The van der Waals surface area contributed by atoms with Gasteiger partial charge in [0.2, 0.25) is 0 Å². The summed E-state index contributed by atoms with van der Waals surface area (Å²) in [5.41, 5.74) is 7.83. The molecule has 1 unspecified atom stereocenters. The van der Waals surface area contributed by atoms with Crippen molar-refractivity contribution in [2.45, 2.75) is 19.5 Å². The number of nitrogens with two attached hydrogens (primary N) is 1. The van der Waals surface area contributed by atoms with Crippen LogP contribution in [0.15, 0.2) is 36.9 Å². The van der Waals surface area contributed by atoms with Crippen LogP contribution in [0.3, 0.4) is 0 Å². The SMILES string of the molecule is CC(Cn1ccnc1)Nc1cc(N)ccc1C(=O)N(C)C. The summed E-state index contributed by atoms with van der Waals surface area (Å²) in [7, 11) is 3.47. The van der Waals surface area contributed by atoms with Crippen molar-refractivity contribution in [3.63, 3.8) is 0 Å². The average Bonchev–Trinajstić information content (AvgIpc) is 2.90. The number of aromatic nitrogens is 2. The molecule has 21 heavy (non-hydrogen) atoms. The fourth-order valence-corrected chi connectivity index (χ4v) is 2.13. The van der Waals surface area contributed by atoms with E-state index in [2.05, 4.69) is 10.3 Å². The molecule has 6 nitrogen and oxygen atoms in total. The second-order valence-corrected chi connectivity index (χ2v) is 5.31.